The fourth-order valence-corrected chi connectivity index (χ4v) is 1.89. The van der Waals surface area contributed by atoms with E-state index in [0.29, 0.717) is 0 Å². The van der Waals surface area contributed by atoms with Gasteiger partial charge in [-0.2, -0.15) is 0 Å². The monoisotopic (exact) mass is 216 g/mol. The molecule has 0 aromatic heterocycles. The van der Waals surface area contributed by atoms with Crippen LogP contribution in [0.25, 0.3) is 0 Å². The maximum absolute atomic E-state index is 11.6. The summed E-state index contributed by atoms with van der Waals surface area (Å²) in [6.45, 7) is 0.211. The first-order valence-electron chi connectivity index (χ1n) is 5.27. The first-order chi connectivity index (χ1) is 7.21. The van der Waals surface area contributed by atoms with E-state index in [1.165, 1.54) is 7.11 Å². The molecule has 1 fully saturated rings. The number of rotatable bonds is 5. The Kier molecular flexibility index (Phi) is 5.01. The van der Waals surface area contributed by atoms with Crippen LogP contribution in [0.4, 0.5) is 0 Å². The Hall–Kier alpha value is -0.650. The summed E-state index contributed by atoms with van der Waals surface area (Å²) < 4.78 is 10.2. The molecule has 0 aliphatic heterocycles. The molecule has 15 heavy (non-hydrogen) atoms. The summed E-state index contributed by atoms with van der Waals surface area (Å²) in [6.07, 6.45) is 2.58. The van der Waals surface area contributed by atoms with Gasteiger partial charge in [-0.15, -0.1) is 0 Å². The minimum absolute atomic E-state index is 0.123. The minimum atomic E-state index is -0.536. The van der Waals surface area contributed by atoms with E-state index in [0.717, 1.165) is 19.3 Å². The average molecular weight is 216 g/mol. The molecule has 5 heteroatoms. The van der Waals surface area contributed by atoms with E-state index >= 15 is 0 Å². The minimum Gasteiger partial charge on any atom is -0.381 e. The molecule has 3 N–H and O–H groups in total. The highest BCUT2D eigenvalue weighted by Gasteiger charge is 2.27. The fourth-order valence-electron chi connectivity index (χ4n) is 1.89. The van der Waals surface area contributed by atoms with Crippen molar-refractivity contribution in [3.63, 3.8) is 0 Å². The molecule has 3 atom stereocenters. The van der Waals surface area contributed by atoms with Crippen LogP contribution in [-0.4, -0.2) is 44.9 Å². The van der Waals surface area contributed by atoms with Crippen molar-refractivity contribution in [2.45, 2.75) is 37.5 Å². The third kappa shape index (κ3) is 3.44. The molecular formula is C10H20N2O3. The largest absolute Gasteiger partial charge is 0.381 e. The van der Waals surface area contributed by atoms with Gasteiger partial charge in [0.2, 0.25) is 0 Å². The lowest BCUT2D eigenvalue weighted by atomic mass is 10.2. The molecule has 0 aromatic rings. The predicted molar refractivity (Wildman–Crippen MR) is 56.4 cm³/mol. The Morgan fingerprint density at radius 2 is 2.27 bits per heavy atom. The molecule has 1 saturated carbocycles. The lowest BCUT2D eigenvalue weighted by molar-refractivity contribution is -0.131. The van der Waals surface area contributed by atoms with Gasteiger partial charge >= 0.3 is 0 Å². The second kappa shape index (κ2) is 6.05. The van der Waals surface area contributed by atoms with Gasteiger partial charge in [-0.3, -0.25) is 4.79 Å². The Balaban J connectivity index is 2.32. The lowest BCUT2D eigenvalue weighted by Gasteiger charge is -2.17. The molecule has 1 aliphatic carbocycles. The summed E-state index contributed by atoms with van der Waals surface area (Å²) >= 11 is 0. The second-order valence-corrected chi connectivity index (χ2v) is 3.84. The zero-order valence-corrected chi connectivity index (χ0v) is 9.36. The number of ether oxygens (including phenoxy) is 2. The zero-order valence-electron chi connectivity index (χ0n) is 9.36. The smallest absolute Gasteiger partial charge is 0.250 e. The van der Waals surface area contributed by atoms with Gasteiger partial charge in [0, 0.05) is 26.8 Å². The van der Waals surface area contributed by atoms with Crippen molar-refractivity contribution in [2.24, 2.45) is 5.73 Å². The van der Waals surface area contributed by atoms with Gasteiger partial charge < -0.3 is 20.5 Å². The molecule has 1 amide bonds. The molecule has 88 valence electrons. The summed E-state index contributed by atoms with van der Waals surface area (Å²) in [6, 6.07) is 0.201. The number of carbonyl (C=O) groups is 1. The van der Waals surface area contributed by atoms with E-state index in [1.54, 1.807) is 7.11 Å². The van der Waals surface area contributed by atoms with Gasteiger partial charge in [-0.25, -0.2) is 0 Å². The summed E-state index contributed by atoms with van der Waals surface area (Å²) in [4.78, 5) is 11.6. The van der Waals surface area contributed by atoms with Crippen LogP contribution in [0.1, 0.15) is 19.3 Å². The highest BCUT2D eigenvalue weighted by atomic mass is 16.5. The first kappa shape index (κ1) is 12.4. The molecule has 0 bridgehead atoms. The summed E-state index contributed by atoms with van der Waals surface area (Å²) in [5.41, 5.74) is 5.40. The Labute approximate surface area is 90.3 Å². The fraction of sp³-hybridized carbons (Fsp3) is 0.900. The molecule has 0 radical (unpaired) electrons. The summed E-state index contributed by atoms with van der Waals surface area (Å²) in [7, 11) is 3.19. The standard InChI is InChI=1S/C10H20N2O3/c1-14-8-4-3-7(5-8)12-10(13)9(6-11)15-2/h7-9H,3-6,11H2,1-2H3,(H,12,13). The Bertz CT molecular complexity index is 207. The summed E-state index contributed by atoms with van der Waals surface area (Å²) in [5, 5.41) is 2.92. The molecule has 0 spiro atoms. The van der Waals surface area contributed by atoms with Gasteiger partial charge in [0.25, 0.3) is 5.91 Å². The number of methoxy groups -OCH3 is 2. The maximum atomic E-state index is 11.6. The SMILES string of the molecule is COC1CCC(NC(=O)C(CN)OC)C1. The van der Waals surface area contributed by atoms with Crippen LogP contribution in [-0.2, 0) is 14.3 Å². The van der Waals surface area contributed by atoms with Crippen LogP contribution >= 0.6 is 0 Å². The number of hydrogen-bond acceptors (Lipinski definition) is 4. The molecule has 1 aliphatic rings. The number of hydrogen-bond donors (Lipinski definition) is 2. The van der Waals surface area contributed by atoms with Crippen molar-refractivity contribution in [3.05, 3.63) is 0 Å². The molecule has 0 heterocycles. The maximum Gasteiger partial charge on any atom is 0.250 e. The highest BCUT2D eigenvalue weighted by molar-refractivity contribution is 5.81. The second-order valence-electron chi connectivity index (χ2n) is 3.84. The summed E-state index contributed by atoms with van der Waals surface area (Å²) in [5.74, 6) is -0.123. The van der Waals surface area contributed by atoms with Gasteiger partial charge in [0.1, 0.15) is 6.10 Å². The van der Waals surface area contributed by atoms with E-state index in [-0.39, 0.29) is 24.6 Å². The van der Waals surface area contributed by atoms with E-state index in [1.807, 2.05) is 0 Å². The van der Waals surface area contributed by atoms with Crippen LogP contribution in [0.5, 0.6) is 0 Å². The van der Waals surface area contributed by atoms with Crippen molar-refractivity contribution in [1.82, 2.24) is 5.32 Å². The Morgan fingerprint density at radius 3 is 2.73 bits per heavy atom. The van der Waals surface area contributed by atoms with Crippen molar-refractivity contribution >= 4 is 5.91 Å². The normalized spacial score (nSPS) is 27.7. The van der Waals surface area contributed by atoms with Gasteiger partial charge in [0.05, 0.1) is 6.10 Å². The average Bonchev–Trinajstić information content (AvgIpc) is 2.67. The number of amides is 1. The number of carbonyl (C=O) groups excluding carboxylic acids is 1. The van der Waals surface area contributed by atoms with E-state index < -0.39 is 6.10 Å². The highest BCUT2D eigenvalue weighted by Crippen LogP contribution is 2.21. The lowest BCUT2D eigenvalue weighted by Crippen LogP contribution is -2.44. The Morgan fingerprint density at radius 1 is 1.53 bits per heavy atom. The molecular weight excluding hydrogens is 196 g/mol. The van der Waals surface area contributed by atoms with E-state index in [2.05, 4.69) is 5.32 Å². The van der Waals surface area contributed by atoms with Gasteiger partial charge in [-0.1, -0.05) is 0 Å². The van der Waals surface area contributed by atoms with Crippen molar-refractivity contribution in [2.75, 3.05) is 20.8 Å². The number of nitrogens with two attached hydrogens (primary N) is 1. The predicted octanol–water partition coefficient (Wildman–Crippen LogP) is -0.356. The zero-order chi connectivity index (χ0) is 11.3. The topological polar surface area (TPSA) is 73.6 Å². The number of nitrogens with one attached hydrogen (secondary N) is 1. The van der Waals surface area contributed by atoms with Crippen LogP contribution in [0.15, 0.2) is 0 Å². The van der Waals surface area contributed by atoms with Crippen molar-refractivity contribution in [3.8, 4) is 0 Å². The molecule has 3 unspecified atom stereocenters. The van der Waals surface area contributed by atoms with Crippen LogP contribution < -0.4 is 11.1 Å². The van der Waals surface area contributed by atoms with Crippen molar-refractivity contribution in [1.29, 1.82) is 0 Å². The molecule has 5 nitrogen and oxygen atoms in total. The van der Waals surface area contributed by atoms with Crippen LogP contribution in [0, 0.1) is 0 Å². The first-order valence-corrected chi connectivity index (χ1v) is 5.27. The molecule has 0 saturated heterocycles. The van der Waals surface area contributed by atoms with E-state index in [4.69, 9.17) is 15.2 Å². The quantitative estimate of drug-likeness (QED) is 0.658. The van der Waals surface area contributed by atoms with Crippen molar-refractivity contribution < 1.29 is 14.3 Å². The van der Waals surface area contributed by atoms with E-state index in [9.17, 15) is 4.79 Å². The third-order valence-corrected chi connectivity index (χ3v) is 2.86. The van der Waals surface area contributed by atoms with Crippen LogP contribution in [0.3, 0.4) is 0 Å². The third-order valence-electron chi connectivity index (χ3n) is 2.86. The van der Waals surface area contributed by atoms with Gasteiger partial charge in [-0.05, 0) is 19.3 Å². The molecule has 1 rings (SSSR count). The molecule has 0 aromatic carbocycles. The van der Waals surface area contributed by atoms with Gasteiger partial charge in [0.15, 0.2) is 0 Å². The van der Waals surface area contributed by atoms with Crippen LogP contribution in [0.2, 0.25) is 0 Å².